The van der Waals surface area contributed by atoms with Crippen LogP contribution in [-0.2, 0) is 10.0 Å². The number of hydrogen-bond acceptors (Lipinski definition) is 3. The van der Waals surface area contributed by atoms with Crippen molar-refractivity contribution >= 4 is 10.0 Å². The molecule has 0 aromatic heterocycles. The fourth-order valence-electron chi connectivity index (χ4n) is 2.66. The minimum absolute atomic E-state index is 0.123. The average molecular weight is 314 g/mol. The molecule has 0 radical (unpaired) electrons. The normalized spacial score (nSPS) is 20.1. The van der Waals surface area contributed by atoms with Crippen LogP contribution in [0.2, 0.25) is 0 Å². The largest absolute Gasteiger partial charge is 0.316 e. The molecule has 1 aromatic carbocycles. The second kappa shape index (κ2) is 6.85. The van der Waals surface area contributed by atoms with Crippen molar-refractivity contribution in [2.75, 3.05) is 19.6 Å². The van der Waals surface area contributed by atoms with Crippen LogP contribution in [0, 0.1) is 11.7 Å². The summed E-state index contributed by atoms with van der Waals surface area (Å²) in [5, 5.41) is 3.31. The molecule has 21 heavy (non-hydrogen) atoms. The number of sulfonamides is 1. The molecule has 6 heteroatoms. The van der Waals surface area contributed by atoms with Crippen molar-refractivity contribution in [3.63, 3.8) is 0 Å². The summed E-state index contributed by atoms with van der Waals surface area (Å²) < 4.78 is 40.0. The number of nitrogens with zero attached hydrogens (tertiary/aromatic N) is 1. The van der Waals surface area contributed by atoms with Crippen molar-refractivity contribution in [3.05, 3.63) is 30.1 Å². The fourth-order valence-corrected chi connectivity index (χ4v) is 4.38. The number of rotatable bonds is 5. The van der Waals surface area contributed by atoms with Gasteiger partial charge in [0, 0.05) is 12.6 Å². The third-order valence-corrected chi connectivity index (χ3v) is 5.89. The molecule has 2 rings (SSSR count). The quantitative estimate of drug-likeness (QED) is 0.906. The summed E-state index contributed by atoms with van der Waals surface area (Å²) in [6, 6.07) is 4.92. The van der Waals surface area contributed by atoms with Crippen LogP contribution in [0.5, 0.6) is 0 Å². The lowest BCUT2D eigenvalue weighted by Crippen LogP contribution is -2.44. The van der Waals surface area contributed by atoms with E-state index in [1.54, 1.807) is 0 Å². The predicted molar refractivity (Wildman–Crippen MR) is 81.0 cm³/mol. The van der Waals surface area contributed by atoms with Gasteiger partial charge < -0.3 is 5.32 Å². The zero-order chi connectivity index (χ0) is 15.5. The van der Waals surface area contributed by atoms with E-state index < -0.39 is 15.8 Å². The molecule has 0 bridgehead atoms. The van der Waals surface area contributed by atoms with Crippen molar-refractivity contribution in [1.82, 2.24) is 9.62 Å². The Balaban J connectivity index is 2.21. The number of nitrogens with one attached hydrogen (secondary N) is 1. The van der Waals surface area contributed by atoms with Crippen LogP contribution in [0.1, 0.15) is 26.7 Å². The van der Waals surface area contributed by atoms with E-state index in [1.807, 2.05) is 13.8 Å². The molecule has 1 aliphatic heterocycles. The van der Waals surface area contributed by atoms with Gasteiger partial charge in [-0.25, -0.2) is 12.8 Å². The first kappa shape index (κ1) is 16.4. The third kappa shape index (κ3) is 4.02. The molecule has 1 saturated heterocycles. The van der Waals surface area contributed by atoms with Gasteiger partial charge in [-0.1, -0.05) is 0 Å². The smallest absolute Gasteiger partial charge is 0.243 e. The zero-order valence-corrected chi connectivity index (χ0v) is 13.4. The molecule has 1 aliphatic rings. The first-order chi connectivity index (χ1) is 9.91. The van der Waals surface area contributed by atoms with E-state index >= 15 is 0 Å². The van der Waals surface area contributed by atoms with Gasteiger partial charge in [0.1, 0.15) is 5.82 Å². The monoisotopic (exact) mass is 314 g/mol. The lowest BCUT2D eigenvalue weighted by Gasteiger charge is -2.32. The minimum Gasteiger partial charge on any atom is -0.316 e. The maximum absolute atomic E-state index is 13.0. The Morgan fingerprint density at radius 2 is 2.00 bits per heavy atom. The maximum Gasteiger partial charge on any atom is 0.243 e. The lowest BCUT2D eigenvalue weighted by atomic mass is 9.99. The Bertz CT molecular complexity index is 552. The summed E-state index contributed by atoms with van der Waals surface area (Å²) in [6.45, 7) is 6.10. The van der Waals surface area contributed by atoms with Gasteiger partial charge in [0.2, 0.25) is 10.0 Å². The van der Waals surface area contributed by atoms with Gasteiger partial charge in [-0.05, 0) is 70.0 Å². The van der Waals surface area contributed by atoms with E-state index in [-0.39, 0.29) is 10.9 Å². The van der Waals surface area contributed by atoms with Crippen LogP contribution in [0.15, 0.2) is 29.2 Å². The Morgan fingerprint density at radius 3 is 2.52 bits per heavy atom. The van der Waals surface area contributed by atoms with Gasteiger partial charge >= 0.3 is 0 Å². The molecule has 4 nitrogen and oxygen atoms in total. The number of piperidine rings is 1. The number of benzene rings is 1. The Kier molecular flexibility index (Phi) is 5.35. The Labute approximate surface area is 126 Å². The average Bonchev–Trinajstić information content (AvgIpc) is 2.46. The van der Waals surface area contributed by atoms with Crippen molar-refractivity contribution in [3.8, 4) is 0 Å². The van der Waals surface area contributed by atoms with Crippen LogP contribution >= 0.6 is 0 Å². The molecular formula is C15H23FN2O2S. The second-order valence-corrected chi connectivity index (χ2v) is 7.73. The summed E-state index contributed by atoms with van der Waals surface area (Å²) in [5.41, 5.74) is 0. The lowest BCUT2D eigenvalue weighted by molar-refractivity contribution is 0.264. The summed E-state index contributed by atoms with van der Waals surface area (Å²) in [4.78, 5) is 0.154. The Morgan fingerprint density at radius 1 is 1.33 bits per heavy atom. The molecule has 1 aromatic rings. The van der Waals surface area contributed by atoms with Crippen LogP contribution in [0.25, 0.3) is 0 Å². The van der Waals surface area contributed by atoms with Gasteiger partial charge in [-0.3, -0.25) is 0 Å². The maximum atomic E-state index is 13.0. The highest BCUT2D eigenvalue weighted by atomic mass is 32.2. The molecule has 118 valence electrons. The highest BCUT2D eigenvalue weighted by Crippen LogP contribution is 2.22. The van der Waals surface area contributed by atoms with Crippen LogP contribution in [-0.4, -0.2) is 38.4 Å². The minimum atomic E-state index is -3.58. The predicted octanol–water partition coefficient (Wildman–Crippen LogP) is 2.22. The van der Waals surface area contributed by atoms with E-state index in [0.717, 1.165) is 25.9 Å². The molecule has 0 saturated carbocycles. The van der Waals surface area contributed by atoms with Crippen molar-refractivity contribution in [1.29, 1.82) is 0 Å². The SMILES string of the molecule is CC(C)N(CC1CCCNC1)S(=O)(=O)c1ccc(F)cc1. The topological polar surface area (TPSA) is 49.4 Å². The summed E-state index contributed by atoms with van der Waals surface area (Å²) >= 11 is 0. The molecule has 0 spiro atoms. The molecule has 1 fully saturated rings. The van der Waals surface area contributed by atoms with E-state index in [0.29, 0.717) is 12.5 Å². The zero-order valence-electron chi connectivity index (χ0n) is 12.5. The van der Waals surface area contributed by atoms with Crippen molar-refractivity contribution < 1.29 is 12.8 Å². The molecular weight excluding hydrogens is 291 g/mol. The van der Waals surface area contributed by atoms with Crippen molar-refractivity contribution in [2.24, 2.45) is 5.92 Å². The van der Waals surface area contributed by atoms with E-state index in [9.17, 15) is 12.8 Å². The van der Waals surface area contributed by atoms with Gasteiger partial charge in [-0.2, -0.15) is 4.31 Å². The number of hydrogen-bond donors (Lipinski definition) is 1. The molecule has 1 heterocycles. The number of halogens is 1. The fraction of sp³-hybridized carbons (Fsp3) is 0.600. The van der Waals surface area contributed by atoms with Gasteiger partial charge in [0.15, 0.2) is 0 Å². The van der Waals surface area contributed by atoms with Gasteiger partial charge in [0.05, 0.1) is 4.90 Å². The molecule has 0 amide bonds. The summed E-state index contributed by atoms with van der Waals surface area (Å²) in [7, 11) is -3.58. The highest BCUT2D eigenvalue weighted by Gasteiger charge is 2.29. The molecule has 0 aliphatic carbocycles. The summed E-state index contributed by atoms with van der Waals surface area (Å²) in [5.74, 6) is -0.0992. The third-order valence-electron chi connectivity index (χ3n) is 3.83. The Hall–Kier alpha value is -0.980. The second-order valence-electron chi connectivity index (χ2n) is 5.83. The van der Waals surface area contributed by atoms with Crippen LogP contribution in [0.3, 0.4) is 0 Å². The summed E-state index contributed by atoms with van der Waals surface area (Å²) in [6.07, 6.45) is 2.11. The van der Waals surface area contributed by atoms with Gasteiger partial charge in [0.25, 0.3) is 0 Å². The van der Waals surface area contributed by atoms with Crippen molar-refractivity contribution in [2.45, 2.75) is 37.6 Å². The standard InChI is InChI=1S/C15H23FN2O2S/c1-12(2)18(11-13-4-3-9-17-10-13)21(19,20)15-7-5-14(16)6-8-15/h5-8,12-13,17H,3-4,9-11H2,1-2H3. The van der Waals surface area contributed by atoms with Crippen LogP contribution < -0.4 is 5.32 Å². The molecule has 1 unspecified atom stereocenters. The van der Waals surface area contributed by atoms with E-state index in [2.05, 4.69) is 5.32 Å². The van der Waals surface area contributed by atoms with Crippen LogP contribution in [0.4, 0.5) is 4.39 Å². The molecule has 1 N–H and O–H groups in total. The first-order valence-corrected chi connectivity index (χ1v) is 8.83. The first-order valence-electron chi connectivity index (χ1n) is 7.39. The molecule has 1 atom stereocenters. The van der Waals surface area contributed by atoms with E-state index in [1.165, 1.54) is 28.6 Å². The van der Waals surface area contributed by atoms with E-state index in [4.69, 9.17) is 0 Å². The highest BCUT2D eigenvalue weighted by molar-refractivity contribution is 7.89. The van der Waals surface area contributed by atoms with Gasteiger partial charge in [-0.15, -0.1) is 0 Å².